The largest absolute Gasteiger partial charge is 0.459 e. The molecule has 22 heavy (non-hydrogen) atoms. The maximum Gasteiger partial charge on any atom is 0.284 e. The highest BCUT2D eigenvalue weighted by Gasteiger charge is 2.20. The van der Waals surface area contributed by atoms with E-state index in [4.69, 9.17) is 13.4 Å². The highest BCUT2D eigenvalue weighted by atomic mass is 32.2. The maximum atomic E-state index is 12.0. The predicted octanol–water partition coefficient (Wildman–Crippen LogP) is 2.75. The van der Waals surface area contributed by atoms with Crippen LogP contribution in [0.4, 0.5) is 5.82 Å². The van der Waals surface area contributed by atoms with E-state index in [1.165, 1.54) is 6.26 Å². The van der Waals surface area contributed by atoms with Crippen LogP contribution in [0.25, 0.3) is 11.7 Å². The third-order valence-corrected chi connectivity index (χ3v) is 3.60. The topological polar surface area (TPSA) is 107 Å². The zero-order chi connectivity index (χ0) is 15.5. The normalized spacial score (nSPS) is 12.3. The minimum atomic E-state index is -0.443. The first kappa shape index (κ1) is 14.4. The number of hydrogen-bond donors (Lipinski definition) is 1. The Bertz CT molecular complexity index is 765. The van der Waals surface area contributed by atoms with Gasteiger partial charge in [0.25, 0.3) is 11.1 Å². The summed E-state index contributed by atoms with van der Waals surface area (Å²) in [6.45, 7) is 3.47. The van der Waals surface area contributed by atoms with Crippen LogP contribution in [-0.2, 0) is 4.79 Å². The van der Waals surface area contributed by atoms with Crippen LogP contribution < -0.4 is 5.32 Å². The van der Waals surface area contributed by atoms with Gasteiger partial charge in [-0.1, -0.05) is 16.9 Å². The number of furan rings is 1. The number of nitrogens with zero attached hydrogens (tertiary/aromatic N) is 3. The van der Waals surface area contributed by atoms with Crippen molar-refractivity contribution in [2.24, 2.45) is 0 Å². The molecule has 0 aliphatic heterocycles. The summed E-state index contributed by atoms with van der Waals surface area (Å²) in [6, 6.07) is 5.07. The van der Waals surface area contributed by atoms with E-state index in [-0.39, 0.29) is 17.0 Å². The Morgan fingerprint density at radius 3 is 2.95 bits per heavy atom. The van der Waals surface area contributed by atoms with Crippen LogP contribution in [0, 0.1) is 6.92 Å². The second-order valence-electron chi connectivity index (χ2n) is 4.42. The molecule has 1 atom stereocenters. The minimum Gasteiger partial charge on any atom is -0.459 e. The third kappa shape index (κ3) is 3.19. The third-order valence-electron chi connectivity index (χ3n) is 2.66. The van der Waals surface area contributed by atoms with Gasteiger partial charge in [0.05, 0.1) is 11.5 Å². The molecule has 3 aromatic heterocycles. The van der Waals surface area contributed by atoms with Gasteiger partial charge in [0.15, 0.2) is 11.6 Å². The van der Waals surface area contributed by atoms with Crippen molar-refractivity contribution in [1.82, 2.24) is 15.4 Å². The molecule has 1 N–H and O–H groups in total. The van der Waals surface area contributed by atoms with E-state index in [2.05, 4.69) is 20.7 Å². The number of carbonyl (C=O) groups excluding carboxylic acids is 1. The molecule has 0 saturated carbocycles. The van der Waals surface area contributed by atoms with E-state index in [0.717, 1.165) is 11.8 Å². The zero-order valence-electron chi connectivity index (χ0n) is 11.8. The summed E-state index contributed by atoms with van der Waals surface area (Å²) in [4.78, 5) is 12.0. The van der Waals surface area contributed by atoms with Gasteiger partial charge in [-0.05, 0) is 26.0 Å². The Kier molecular flexibility index (Phi) is 3.96. The monoisotopic (exact) mass is 320 g/mol. The van der Waals surface area contributed by atoms with Crippen LogP contribution in [0.2, 0.25) is 0 Å². The molecule has 0 aromatic carbocycles. The first-order valence-electron chi connectivity index (χ1n) is 6.40. The lowest BCUT2D eigenvalue weighted by atomic mass is 10.4. The predicted molar refractivity (Wildman–Crippen MR) is 77.2 cm³/mol. The van der Waals surface area contributed by atoms with Crippen molar-refractivity contribution < 1.29 is 18.2 Å². The molecule has 0 bridgehead atoms. The molecule has 0 spiro atoms. The SMILES string of the molecule is Cc1cc(NC(=O)C(C)Sc2nnc(-c3ccco3)o2)no1. The van der Waals surface area contributed by atoms with Crippen molar-refractivity contribution in [3.63, 3.8) is 0 Å². The van der Waals surface area contributed by atoms with Gasteiger partial charge < -0.3 is 18.7 Å². The Hall–Kier alpha value is -2.55. The highest BCUT2D eigenvalue weighted by Crippen LogP contribution is 2.26. The fourth-order valence-corrected chi connectivity index (χ4v) is 2.30. The second kappa shape index (κ2) is 6.06. The van der Waals surface area contributed by atoms with Crippen molar-refractivity contribution in [3.05, 3.63) is 30.2 Å². The minimum absolute atomic E-state index is 0.240. The number of anilines is 1. The first-order chi connectivity index (χ1) is 10.6. The highest BCUT2D eigenvalue weighted by molar-refractivity contribution is 8.00. The van der Waals surface area contributed by atoms with Gasteiger partial charge in [-0.3, -0.25) is 4.79 Å². The summed E-state index contributed by atoms with van der Waals surface area (Å²) in [6.07, 6.45) is 1.52. The molecule has 0 radical (unpaired) electrons. The fourth-order valence-electron chi connectivity index (χ4n) is 1.62. The van der Waals surface area contributed by atoms with Gasteiger partial charge >= 0.3 is 0 Å². The molecule has 3 aromatic rings. The molecule has 1 amide bonds. The van der Waals surface area contributed by atoms with E-state index < -0.39 is 5.25 Å². The molecule has 0 aliphatic carbocycles. The number of aryl methyl sites for hydroxylation is 1. The lowest BCUT2D eigenvalue weighted by Gasteiger charge is -2.06. The number of hydrogen-bond acceptors (Lipinski definition) is 8. The number of rotatable bonds is 5. The maximum absolute atomic E-state index is 12.0. The van der Waals surface area contributed by atoms with E-state index in [0.29, 0.717) is 17.3 Å². The molecular formula is C13H12N4O4S. The fraction of sp³-hybridized carbons (Fsp3) is 0.231. The average molecular weight is 320 g/mol. The Balaban J connectivity index is 1.61. The summed E-state index contributed by atoms with van der Waals surface area (Å²) in [5.74, 6) is 1.50. The molecule has 3 rings (SSSR count). The quantitative estimate of drug-likeness (QED) is 0.715. The van der Waals surface area contributed by atoms with Gasteiger partial charge in [-0.15, -0.1) is 10.2 Å². The number of aromatic nitrogens is 3. The number of amides is 1. The summed E-state index contributed by atoms with van der Waals surface area (Å²) in [5.41, 5.74) is 0. The van der Waals surface area contributed by atoms with Crippen LogP contribution in [0.15, 0.2) is 43.0 Å². The van der Waals surface area contributed by atoms with Crippen molar-refractivity contribution >= 4 is 23.5 Å². The molecule has 3 heterocycles. The van der Waals surface area contributed by atoms with E-state index in [1.807, 2.05) is 0 Å². The van der Waals surface area contributed by atoms with E-state index in [1.54, 1.807) is 32.0 Å². The van der Waals surface area contributed by atoms with Crippen molar-refractivity contribution in [1.29, 1.82) is 0 Å². The Morgan fingerprint density at radius 1 is 1.41 bits per heavy atom. The number of carbonyl (C=O) groups is 1. The molecule has 8 nitrogen and oxygen atoms in total. The van der Waals surface area contributed by atoms with Crippen LogP contribution >= 0.6 is 11.8 Å². The van der Waals surface area contributed by atoms with Gasteiger partial charge in [-0.2, -0.15) is 0 Å². The number of nitrogens with one attached hydrogen (secondary N) is 1. The van der Waals surface area contributed by atoms with Crippen molar-refractivity contribution in [2.45, 2.75) is 24.3 Å². The second-order valence-corrected chi connectivity index (χ2v) is 5.71. The van der Waals surface area contributed by atoms with Gasteiger partial charge in [0.1, 0.15) is 5.76 Å². The van der Waals surface area contributed by atoms with E-state index in [9.17, 15) is 4.79 Å². The lowest BCUT2D eigenvalue weighted by molar-refractivity contribution is -0.115. The Morgan fingerprint density at radius 2 is 2.27 bits per heavy atom. The van der Waals surface area contributed by atoms with Crippen LogP contribution in [0.1, 0.15) is 12.7 Å². The molecular weight excluding hydrogens is 308 g/mol. The summed E-state index contributed by atoms with van der Waals surface area (Å²) >= 11 is 1.14. The molecule has 0 saturated heterocycles. The smallest absolute Gasteiger partial charge is 0.284 e. The molecule has 0 fully saturated rings. The van der Waals surface area contributed by atoms with Crippen molar-refractivity contribution in [2.75, 3.05) is 5.32 Å². The number of thioether (sulfide) groups is 1. The zero-order valence-corrected chi connectivity index (χ0v) is 12.6. The lowest BCUT2D eigenvalue weighted by Crippen LogP contribution is -2.22. The van der Waals surface area contributed by atoms with E-state index >= 15 is 0 Å². The summed E-state index contributed by atoms with van der Waals surface area (Å²) < 4.78 is 15.5. The average Bonchev–Trinajstić information content (AvgIpc) is 3.20. The standard InChI is InChI=1S/C13H12N4O4S/c1-7-6-10(17-21-7)14-11(18)8(2)22-13-16-15-12(20-13)9-4-3-5-19-9/h3-6,8H,1-2H3,(H,14,17,18). The van der Waals surface area contributed by atoms with Crippen LogP contribution in [0.3, 0.4) is 0 Å². The van der Waals surface area contributed by atoms with Crippen LogP contribution in [0.5, 0.6) is 0 Å². The summed E-state index contributed by atoms with van der Waals surface area (Å²) in [7, 11) is 0. The van der Waals surface area contributed by atoms with Gasteiger partial charge in [-0.25, -0.2) is 0 Å². The van der Waals surface area contributed by atoms with Gasteiger partial charge in [0, 0.05) is 6.07 Å². The molecule has 114 valence electrons. The van der Waals surface area contributed by atoms with Crippen molar-refractivity contribution in [3.8, 4) is 11.7 Å². The summed E-state index contributed by atoms with van der Waals surface area (Å²) in [5, 5.41) is 13.9. The van der Waals surface area contributed by atoms with Gasteiger partial charge in [0.2, 0.25) is 5.91 Å². The molecule has 1 unspecified atom stereocenters. The Labute approximate surface area is 129 Å². The van der Waals surface area contributed by atoms with Crippen LogP contribution in [-0.4, -0.2) is 26.5 Å². The molecule has 0 aliphatic rings. The molecule has 9 heteroatoms. The first-order valence-corrected chi connectivity index (χ1v) is 7.28.